The minimum absolute atomic E-state index is 0.0990. The van der Waals surface area contributed by atoms with Gasteiger partial charge in [-0.2, -0.15) is 5.10 Å². The molecule has 0 saturated heterocycles. The number of nitrogens with one attached hydrogen (secondary N) is 2. The number of amides is 1. The number of aromatic amines is 1. The molecule has 1 atom stereocenters. The lowest BCUT2D eigenvalue weighted by Gasteiger charge is -2.16. The average Bonchev–Trinajstić information content (AvgIpc) is 3.09. The van der Waals surface area contributed by atoms with E-state index in [1.54, 1.807) is 11.3 Å². The summed E-state index contributed by atoms with van der Waals surface area (Å²) in [6.07, 6.45) is 3.20. The maximum atomic E-state index is 12.2. The van der Waals surface area contributed by atoms with Gasteiger partial charge in [0.15, 0.2) is 0 Å². The number of carbonyl (C=O) groups is 1. The van der Waals surface area contributed by atoms with E-state index in [0.29, 0.717) is 12.8 Å². The molecule has 2 rings (SSSR count). The van der Waals surface area contributed by atoms with Crippen LogP contribution in [0.1, 0.15) is 54.1 Å². The van der Waals surface area contributed by atoms with Crippen LogP contribution in [-0.2, 0) is 11.2 Å². The van der Waals surface area contributed by atoms with Gasteiger partial charge in [-0.25, -0.2) is 0 Å². The second kappa shape index (κ2) is 7.41. The highest BCUT2D eigenvalue weighted by Gasteiger charge is 2.15. The minimum Gasteiger partial charge on any atom is -0.348 e. The molecule has 0 bridgehead atoms. The van der Waals surface area contributed by atoms with Crippen LogP contribution in [0.3, 0.4) is 0 Å². The number of rotatable bonds is 7. The van der Waals surface area contributed by atoms with Gasteiger partial charge in [-0.05, 0) is 37.3 Å². The van der Waals surface area contributed by atoms with Crippen molar-refractivity contribution in [3.05, 3.63) is 39.3 Å². The summed E-state index contributed by atoms with van der Waals surface area (Å²) in [6, 6.07) is 4.27. The molecular weight excluding hydrogens is 282 g/mol. The second-order valence-corrected chi connectivity index (χ2v) is 6.32. The fourth-order valence-electron chi connectivity index (χ4n) is 2.34. The van der Waals surface area contributed by atoms with Gasteiger partial charge in [0, 0.05) is 23.4 Å². The number of hydrogen-bond acceptors (Lipinski definition) is 3. The Morgan fingerprint density at radius 2 is 2.29 bits per heavy atom. The Morgan fingerprint density at radius 3 is 2.86 bits per heavy atom. The molecule has 5 heteroatoms. The van der Waals surface area contributed by atoms with Gasteiger partial charge in [0.1, 0.15) is 0 Å². The van der Waals surface area contributed by atoms with Crippen LogP contribution in [0.4, 0.5) is 0 Å². The highest BCUT2D eigenvalue weighted by Crippen LogP contribution is 2.23. The maximum Gasteiger partial charge on any atom is 0.220 e. The van der Waals surface area contributed by atoms with E-state index in [2.05, 4.69) is 33.9 Å². The quantitative estimate of drug-likeness (QED) is 0.820. The lowest BCUT2D eigenvalue weighted by molar-refractivity contribution is -0.121. The van der Waals surface area contributed by atoms with Crippen LogP contribution < -0.4 is 5.32 Å². The van der Waals surface area contributed by atoms with E-state index in [1.807, 2.05) is 19.9 Å². The molecule has 0 aliphatic rings. The van der Waals surface area contributed by atoms with E-state index in [-0.39, 0.29) is 11.9 Å². The molecule has 2 N–H and O–H groups in total. The van der Waals surface area contributed by atoms with Crippen molar-refractivity contribution in [3.63, 3.8) is 0 Å². The van der Waals surface area contributed by atoms with E-state index in [1.165, 1.54) is 4.88 Å². The summed E-state index contributed by atoms with van der Waals surface area (Å²) in [5, 5.41) is 12.4. The van der Waals surface area contributed by atoms with E-state index in [9.17, 15) is 4.79 Å². The van der Waals surface area contributed by atoms with Crippen LogP contribution in [-0.4, -0.2) is 16.1 Å². The molecule has 0 saturated carbocycles. The Hall–Kier alpha value is -1.62. The monoisotopic (exact) mass is 305 g/mol. The molecule has 0 aliphatic carbocycles. The zero-order valence-corrected chi connectivity index (χ0v) is 13.7. The Kier molecular flexibility index (Phi) is 5.56. The molecule has 21 heavy (non-hydrogen) atoms. The van der Waals surface area contributed by atoms with Gasteiger partial charge in [0.05, 0.1) is 11.7 Å². The smallest absolute Gasteiger partial charge is 0.220 e. The number of aryl methyl sites for hydroxylation is 2. The van der Waals surface area contributed by atoms with Crippen molar-refractivity contribution >= 4 is 17.2 Å². The van der Waals surface area contributed by atoms with Crippen molar-refractivity contribution in [3.8, 4) is 0 Å². The SMILES string of the molecule is CCC[C@H](NC(=O)CCc1n[nH]c(C)c1C)c1cccs1. The summed E-state index contributed by atoms with van der Waals surface area (Å²) in [5.41, 5.74) is 3.23. The first-order valence-corrected chi connectivity index (χ1v) is 8.33. The van der Waals surface area contributed by atoms with E-state index in [4.69, 9.17) is 0 Å². The first-order valence-electron chi connectivity index (χ1n) is 7.45. The number of nitrogens with zero attached hydrogens (tertiary/aromatic N) is 1. The van der Waals surface area contributed by atoms with E-state index in [0.717, 1.165) is 29.8 Å². The summed E-state index contributed by atoms with van der Waals surface area (Å²) in [6.45, 7) is 6.18. The van der Waals surface area contributed by atoms with Crippen molar-refractivity contribution in [1.29, 1.82) is 0 Å². The highest BCUT2D eigenvalue weighted by atomic mass is 32.1. The third-order valence-corrected chi connectivity index (χ3v) is 4.73. The summed E-state index contributed by atoms with van der Waals surface area (Å²) >= 11 is 1.70. The third-order valence-electron chi connectivity index (χ3n) is 3.74. The predicted molar refractivity (Wildman–Crippen MR) is 86.5 cm³/mol. The van der Waals surface area contributed by atoms with Crippen LogP contribution >= 0.6 is 11.3 Å². The Morgan fingerprint density at radius 1 is 1.48 bits per heavy atom. The molecule has 2 heterocycles. The lowest BCUT2D eigenvalue weighted by atomic mass is 10.1. The molecule has 0 unspecified atom stereocenters. The van der Waals surface area contributed by atoms with Crippen LogP contribution in [0.5, 0.6) is 0 Å². The van der Waals surface area contributed by atoms with Gasteiger partial charge in [0.25, 0.3) is 0 Å². The van der Waals surface area contributed by atoms with Gasteiger partial charge >= 0.3 is 0 Å². The van der Waals surface area contributed by atoms with Crippen molar-refractivity contribution in [2.75, 3.05) is 0 Å². The number of hydrogen-bond donors (Lipinski definition) is 2. The molecule has 0 aliphatic heterocycles. The summed E-state index contributed by atoms with van der Waals surface area (Å²) in [4.78, 5) is 13.4. The molecule has 2 aromatic rings. The van der Waals surface area contributed by atoms with Gasteiger partial charge in [-0.3, -0.25) is 9.89 Å². The standard InChI is InChI=1S/C16H23N3OS/c1-4-6-14(15-7-5-10-21-15)17-16(20)9-8-13-11(2)12(3)18-19-13/h5,7,10,14H,4,6,8-9H2,1-3H3,(H,17,20)(H,18,19)/t14-/m0/s1. The van der Waals surface area contributed by atoms with Crippen LogP contribution in [0, 0.1) is 13.8 Å². The Labute approximate surface area is 130 Å². The molecule has 2 aromatic heterocycles. The molecule has 0 spiro atoms. The first kappa shape index (κ1) is 15.8. The van der Waals surface area contributed by atoms with Gasteiger partial charge in [-0.15, -0.1) is 11.3 Å². The molecule has 1 amide bonds. The molecular formula is C16H23N3OS. The molecule has 0 fully saturated rings. The average molecular weight is 305 g/mol. The predicted octanol–water partition coefficient (Wildman–Crippen LogP) is 3.68. The van der Waals surface area contributed by atoms with Crippen molar-refractivity contribution in [2.24, 2.45) is 0 Å². The second-order valence-electron chi connectivity index (χ2n) is 5.34. The number of H-pyrrole nitrogens is 1. The zero-order valence-electron chi connectivity index (χ0n) is 12.9. The van der Waals surface area contributed by atoms with Crippen LogP contribution in [0.15, 0.2) is 17.5 Å². The zero-order chi connectivity index (χ0) is 15.2. The largest absolute Gasteiger partial charge is 0.348 e. The number of thiophene rings is 1. The Balaban J connectivity index is 1.89. The lowest BCUT2D eigenvalue weighted by Crippen LogP contribution is -2.28. The van der Waals surface area contributed by atoms with E-state index < -0.39 is 0 Å². The Bertz CT molecular complexity index is 574. The number of carbonyl (C=O) groups excluding carboxylic acids is 1. The minimum atomic E-state index is 0.0990. The van der Waals surface area contributed by atoms with Gasteiger partial charge in [-0.1, -0.05) is 19.4 Å². The fraction of sp³-hybridized carbons (Fsp3) is 0.500. The highest BCUT2D eigenvalue weighted by molar-refractivity contribution is 7.10. The number of aromatic nitrogens is 2. The first-order chi connectivity index (χ1) is 10.1. The summed E-state index contributed by atoms with van der Waals surface area (Å²) in [7, 11) is 0. The van der Waals surface area contributed by atoms with Crippen molar-refractivity contribution < 1.29 is 4.79 Å². The van der Waals surface area contributed by atoms with Crippen LogP contribution in [0.2, 0.25) is 0 Å². The summed E-state index contributed by atoms with van der Waals surface area (Å²) in [5.74, 6) is 0.0990. The molecule has 114 valence electrons. The maximum absolute atomic E-state index is 12.2. The third kappa shape index (κ3) is 4.17. The topological polar surface area (TPSA) is 57.8 Å². The van der Waals surface area contributed by atoms with E-state index >= 15 is 0 Å². The van der Waals surface area contributed by atoms with Crippen molar-refractivity contribution in [2.45, 2.75) is 52.5 Å². The van der Waals surface area contributed by atoms with Gasteiger partial charge in [0.2, 0.25) is 5.91 Å². The molecule has 0 aromatic carbocycles. The normalized spacial score (nSPS) is 12.3. The molecule has 4 nitrogen and oxygen atoms in total. The molecule has 0 radical (unpaired) electrons. The fourth-order valence-corrected chi connectivity index (χ4v) is 3.15. The van der Waals surface area contributed by atoms with Crippen molar-refractivity contribution in [1.82, 2.24) is 15.5 Å². The van der Waals surface area contributed by atoms with Gasteiger partial charge < -0.3 is 5.32 Å². The van der Waals surface area contributed by atoms with Crippen LogP contribution in [0.25, 0.3) is 0 Å². The summed E-state index contributed by atoms with van der Waals surface area (Å²) < 4.78 is 0.